The molecule has 9 heteroatoms. The smallest absolute Gasteiger partial charge is 0.264 e. The van der Waals surface area contributed by atoms with E-state index < -0.39 is 36.9 Å². The van der Waals surface area contributed by atoms with Gasteiger partial charge in [-0.1, -0.05) is 0 Å². The molecule has 1 heterocycles. The zero-order chi connectivity index (χ0) is 16.5. The highest BCUT2D eigenvalue weighted by Gasteiger charge is 2.29. The second-order valence-corrected chi connectivity index (χ2v) is 4.32. The van der Waals surface area contributed by atoms with E-state index in [4.69, 9.17) is 14.6 Å². The third kappa shape index (κ3) is 5.76. The average Bonchev–Trinajstić information content (AvgIpc) is 3.03. The van der Waals surface area contributed by atoms with Crippen LogP contribution in [-0.4, -0.2) is 68.7 Å². The molecule has 0 aliphatic heterocycles. The molecule has 0 aromatic carbocycles. The molecule has 0 saturated heterocycles. The van der Waals surface area contributed by atoms with Crippen molar-refractivity contribution in [2.24, 2.45) is 5.10 Å². The standard InChI is InChI=1S/C13H18N2O7/c16-7-10(18)13(21)12(20)9(17)6-14-15-11(19)4-3-8-2-1-5-22-8/h1-6,9-10,12-13,16-18,20-21H,7H2,(H,15,19)/b4-3+,14-6+. The van der Waals surface area contributed by atoms with Crippen molar-refractivity contribution in [3.8, 4) is 0 Å². The van der Waals surface area contributed by atoms with E-state index >= 15 is 0 Å². The molecule has 1 aromatic rings. The summed E-state index contributed by atoms with van der Waals surface area (Å²) < 4.78 is 4.97. The Bertz CT molecular complexity index is 500. The van der Waals surface area contributed by atoms with Crippen molar-refractivity contribution in [2.45, 2.75) is 24.4 Å². The predicted octanol–water partition coefficient (Wildman–Crippen LogP) is -2.17. The Balaban J connectivity index is 2.42. The Morgan fingerprint density at radius 1 is 1.32 bits per heavy atom. The van der Waals surface area contributed by atoms with Crippen LogP contribution in [0.25, 0.3) is 6.08 Å². The Hall–Kier alpha value is -2.04. The summed E-state index contributed by atoms with van der Waals surface area (Å²) >= 11 is 0. The predicted molar refractivity (Wildman–Crippen MR) is 75.5 cm³/mol. The van der Waals surface area contributed by atoms with Crippen molar-refractivity contribution in [1.29, 1.82) is 0 Å². The minimum absolute atomic E-state index is 0.468. The maximum Gasteiger partial charge on any atom is 0.264 e. The zero-order valence-electron chi connectivity index (χ0n) is 11.5. The number of rotatable bonds is 8. The fourth-order valence-corrected chi connectivity index (χ4v) is 1.38. The lowest BCUT2D eigenvalue weighted by Gasteiger charge is -2.23. The second kappa shape index (κ2) is 9.07. The maximum atomic E-state index is 11.4. The number of hydrogen-bond donors (Lipinski definition) is 6. The van der Waals surface area contributed by atoms with Crippen molar-refractivity contribution in [3.63, 3.8) is 0 Å². The van der Waals surface area contributed by atoms with E-state index in [9.17, 15) is 20.1 Å². The van der Waals surface area contributed by atoms with Crippen LogP contribution < -0.4 is 5.43 Å². The highest BCUT2D eigenvalue weighted by Crippen LogP contribution is 2.04. The van der Waals surface area contributed by atoms with Crippen LogP contribution >= 0.6 is 0 Å². The van der Waals surface area contributed by atoms with Gasteiger partial charge < -0.3 is 29.9 Å². The molecule has 0 spiro atoms. The van der Waals surface area contributed by atoms with Crippen LogP contribution in [0.5, 0.6) is 0 Å². The van der Waals surface area contributed by atoms with E-state index in [1.165, 1.54) is 12.3 Å². The third-order valence-electron chi connectivity index (χ3n) is 2.63. The topological polar surface area (TPSA) is 156 Å². The highest BCUT2D eigenvalue weighted by atomic mass is 16.4. The molecule has 0 aliphatic carbocycles. The molecule has 6 N–H and O–H groups in total. The van der Waals surface area contributed by atoms with Crippen LogP contribution in [0.15, 0.2) is 34.0 Å². The summed E-state index contributed by atoms with van der Waals surface area (Å²) in [5.41, 5.74) is 2.05. The normalized spacial score (nSPS) is 17.5. The number of nitrogens with one attached hydrogen (secondary N) is 1. The Labute approximate surface area is 125 Å². The summed E-state index contributed by atoms with van der Waals surface area (Å²) in [5.74, 6) is -0.138. The van der Waals surface area contributed by atoms with Crippen molar-refractivity contribution < 1.29 is 34.7 Å². The Kier molecular flexibility index (Phi) is 7.43. The van der Waals surface area contributed by atoms with Crippen LogP contribution in [0.4, 0.5) is 0 Å². The van der Waals surface area contributed by atoms with Crippen molar-refractivity contribution in [3.05, 3.63) is 30.2 Å². The van der Waals surface area contributed by atoms with Gasteiger partial charge in [-0.25, -0.2) is 5.43 Å². The van der Waals surface area contributed by atoms with Gasteiger partial charge in [0.1, 0.15) is 30.2 Å². The lowest BCUT2D eigenvalue weighted by Crippen LogP contribution is -2.46. The maximum absolute atomic E-state index is 11.4. The average molecular weight is 314 g/mol. The number of hydrazone groups is 1. The molecule has 1 amide bonds. The van der Waals surface area contributed by atoms with Gasteiger partial charge in [-0.05, 0) is 18.2 Å². The van der Waals surface area contributed by atoms with E-state index in [1.807, 2.05) is 0 Å². The van der Waals surface area contributed by atoms with Gasteiger partial charge in [0.25, 0.3) is 5.91 Å². The molecule has 4 atom stereocenters. The molecule has 0 saturated carbocycles. The van der Waals surface area contributed by atoms with E-state index in [0.717, 1.165) is 12.3 Å². The quantitative estimate of drug-likeness (QED) is 0.181. The van der Waals surface area contributed by atoms with Gasteiger partial charge in [0.05, 0.1) is 19.1 Å². The minimum atomic E-state index is -1.78. The number of aliphatic hydroxyl groups is 5. The molecule has 4 unspecified atom stereocenters. The third-order valence-corrected chi connectivity index (χ3v) is 2.63. The number of furan rings is 1. The van der Waals surface area contributed by atoms with Crippen LogP contribution in [0.1, 0.15) is 5.76 Å². The highest BCUT2D eigenvalue weighted by molar-refractivity contribution is 5.91. The van der Waals surface area contributed by atoms with E-state index in [1.54, 1.807) is 12.1 Å². The number of aliphatic hydroxyl groups excluding tert-OH is 5. The summed E-state index contributed by atoms with van der Waals surface area (Å²) in [6.07, 6.45) is -2.03. The van der Waals surface area contributed by atoms with E-state index in [-0.39, 0.29) is 0 Å². The van der Waals surface area contributed by atoms with Gasteiger partial charge in [-0.2, -0.15) is 5.10 Å². The molecular weight excluding hydrogens is 296 g/mol. The summed E-state index contributed by atoms with van der Waals surface area (Å²) in [6, 6.07) is 3.29. The largest absolute Gasteiger partial charge is 0.465 e. The lowest BCUT2D eigenvalue weighted by molar-refractivity contribution is -0.116. The van der Waals surface area contributed by atoms with Crippen LogP contribution in [0.3, 0.4) is 0 Å². The molecule has 122 valence electrons. The Morgan fingerprint density at radius 3 is 2.64 bits per heavy atom. The summed E-state index contributed by atoms with van der Waals surface area (Å²) in [4.78, 5) is 11.4. The molecule has 22 heavy (non-hydrogen) atoms. The monoisotopic (exact) mass is 314 g/mol. The van der Waals surface area contributed by atoms with Crippen molar-refractivity contribution in [2.75, 3.05) is 6.61 Å². The number of carbonyl (C=O) groups excluding carboxylic acids is 1. The first-order chi connectivity index (χ1) is 10.5. The summed E-state index contributed by atoms with van der Waals surface area (Å²) in [6.45, 7) is -0.781. The van der Waals surface area contributed by atoms with Gasteiger partial charge in [0.15, 0.2) is 0 Å². The Morgan fingerprint density at radius 2 is 2.05 bits per heavy atom. The first-order valence-electron chi connectivity index (χ1n) is 6.33. The number of hydrogen-bond acceptors (Lipinski definition) is 8. The number of carbonyl (C=O) groups is 1. The van der Waals surface area contributed by atoms with Gasteiger partial charge >= 0.3 is 0 Å². The second-order valence-electron chi connectivity index (χ2n) is 4.32. The lowest BCUT2D eigenvalue weighted by atomic mass is 10.0. The van der Waals surface area contributed by atoms with Crippen LogP contribution in [-0.2, 0) is 4.79 Å². The zero-order valence-corrected chi connectivity index (χ0v) is 11.5. The molecule has 0 radical (unpaired) electrons. The van der Waals surface area contributed by atoms with Crippen LogP contribution in [0, 0.1) is 0 Å². The van der Waals surface area contributed by atoms with Crippen LogP contribution in [0.2, 0.25) is 0 Å². The molecule has 9 nitrogen and oxygen atoms in total. The fraction of sp³-hybridized carbons (Fsp3) is 0.385. The summed E-state index contributed by atoms with van der Waals surface area (Å²) in [5, 5.41) is 49.5. The first kappa shape index (κ1) is 18.0. The molecule has 0 fully saturated rings. The molecule has 1 aromatic heterocycles. The van der Waals surface area contributed by atoms with Gasteiger partial charge in [-0.3, -0.25) is 4.79 Å². The number of amides is 1. The van der Waals surface area contributed by atoms with Crippen molar-refractivity contribution >= 4 is 18.2 Å². The number of nitrogens with zero attached hydrogens (tertiary/aromatic N) is 1. The van der Waals surface area contributed by atoms with Gasteiger partial charge in [-0.15, -0.1) is 0 Å². The SMILES string of the molecule is O=C(/C=C/c1ccco1)N/N=C/C(O)C(O)C(O)C(O)CO. The van der Waals surface area contributed by atoms with E-state index in [2.05, 4.69) is 10.5 Å². The van der Waals surface area contributed by atoms with Crippen molar-refractivity contribution in [1.82, 2.24) is 5.43 Å². The van der Waals surface area contributed by atoms with Gasteiger partial charge in [0.2, 0.25) is 0 Å². The minimum Gasteiger partial charge on any atom is -0.465 e. The molecule has 1 rings (SSSR count). The fourth-order valence-electron chi connectivity index (χ4n) is 1.38. The molecule has 0 bridgehead atoms. The first-order valence-corrected chi connectivity index (χ1v) is 6.33. The van der Waals surface area contributed by atoms with Gasteiger partial charge in [0, 0.05) is 6.08 Å². The molecular formula is C13H18N2O7. The molecule has 0 aliphatic rings. The van der Waals surface area contributed by atoms with E-state index in [0.29, 0.717) is 5.76 Å². The summed E-state index contributed by atoms with van der Waals surface area (Å²) in [7, 11) is 0.